The summed E-state index contributed by atoms with van der Waals surface area (Å²) < 4.78 is 11.2. The molecule has 1 aliphatic carbocycles. The molecule has 35 heavy (non-hydrogen) atoms. The van der Waals surface area contributed by atoms with Gasteiger partial charge in [0.15, 0.2) is 0 Å². The van der Waals surface area contributed by atoms with Crippen LogP contribution in [0.5, 0.6) is 0 Å². The molecule has 1 heterocycles. The molecule has 2 unspecified atom stereocenters. The van der Waals surface area contributed by atoms with Crippen LogP contribution in [0.1, 0.15) is 29.9 Å². The average Bonchev–Trinajstić information content (AvgIpc) is 3.17. The number of hydrogen-bond donors (Lipinski definition) is 3. The Morgan fingerprint density at radius 1 is 1.06 bits per heavy atom. The highest BCUT2D eigenvalue weighted by molar-refractivity contribution is 7.99. The fourth-order valence-electron chi connectivity index (χ4n) is 4.71. The largest absolute Gasteiger partial charge is 0.481 e. The van der Waals surface area contributed by atoms with Gasteiger partial charge in [-0.05, 0) is 28.7 Å². The second kappa shape index (κ2) is 12.1. The van der Waals surface area contributed by atoms with E-state index >= 15 is 0 Å². The summed E-state index contributed by atoms with van der Waals surface area (Å²) in [6.07, 6.45) is 0.336. The first-order valence-corrected chi connectivity index (χ1v) is 12.9. The highest BCUT2D eigenvalue weighted by Crippen LogP contribution is 2.44. The molecule has 0 saturated carbocycles. The van der Waals surface area contributed by atoms with E-state index in [9.17, 15) is 14.4 Å². The van der Waals surface area contributed by atoms with E-state index in [-0.39, 0.29) is 42.6 Å². The number of ether oxygens (including phenoxy) is 2. The summed E-state index contributed by atoms with van der Waals surface area (Å²) in [4.78, 5) is 35.6. The van der Waals surface area contributed by atoms with E-state index in [2.05, 4.69) is 34.9 Å². The van der Waals surface area contributed by atoms with E-state index in [0.717, 1.165) is 11.1 Å². The Labute approximate surface area is 208 Å². The van der Waals surface area contributed by atoms with Crippen molar-refractivity contribution in [1.29, 1.82) is 0 Å². The number of carbonyl (C=O) groups excluding carboxylic acids is 2. The van der Waals surface area contributed by atoms with Gasteiger partial charge in [-0.3, -0.25) is 9.59 Å². The normalized spacial score (nSPS) is 18.9. The molecule has 3 N–H and O–H groups in total. The highest BCUT2D eigenvalue weighted by Gasteiger charge is 2.31. The van der Waals surface area contributed by atoms with Gasteiger partial charge in [0, 0.05) is 43.2 Å². The molecule has 2 aliphatic rings. The quantitative estimate of drug-likeness (QED) is 0.431. The van der Waals surface area contributed by atoms with Crippen molar-refractivity contribution in [3.8, 4) is 11.1 Å². The minimum atomic E-state index is -0.872. The molecule has 0 spiro atoms. The van der Waals surface area contributed by atoms with Crippen LogP contribution in [0.25, 0.3) is 11.1 Å². The summed E-state index contributed by atoms with van der Waals surface area (Å²) in [5.74, 6) is -0.642. The lowest BCUT2D eigenvalue weighted by Gasteiger charge is -2.31. The van der Waals surface area contributed by atoms with E-state index in [1.165, 1.54) is 22.9 Å². The van der Waals surface area contributed by atoms with Crippen molar-refractivity contribution in [2.24, 2.45) is 5.92 Å². The Balaban J connectivity index is 1.27. The summed E-state index contributed by atoms with van der Waals surface area (Å²) in [5, 5.41) is 14.4. The van der Waals surface area contributed by atoms with Gasteiger partial charge in [-0.2, -0.15) is 0 Å². The van der Waals surface area contributed by atoms with Gasteiger partial charge < -0.3 is 25.2 Å². The lowest BCUT2D eigenvalue weighted by molar-refractivity contribution is -0.133. The number of alkyl carbamates (subject to hydrolysis) is 1. The Hall–Kier alpha value is -3.04. The number of carboxylic acid groups (broad SMARTS) is 1. The number of hydrogen-bond acceptors (Lipinski definition) is 6. The van der Waals surface area contributed by atoms with Crippen molar-refractivity contribution < 1.29 is 29.0 Å². The third-order valence-electron chi connectivity index (χ3n) is 6.36. The van der Waals surface area contributed by atoms with Crippen LogP contribution in [-0.2, 0) is 19.1 Å². The molecule has 0 bridgehead atoms. The molecule has 9 heteroatoms. The lowest BCUT2D eigenvalue weighted by atomic mass is 9.92. The van der Waals surface area contributed by atoms with E-state index in [1.807, 2.05) is 24.3 Å². The zero-order valence-electron chi connectivity index (χ0n) is 19.4. The molecule has 2 atom stereocenters. The number of aliphatic carboxylic acids is 1. The predicted molar refractivity (Wildman–Crippen MR) is 134 cm³/mol. The Morgan fingerprint density at radius 3 is 2.43 bits per heavy atom. The van der Waals surface area contributed by atoms with Crippen molar-refractivity contribution in [3.63, 3.8) is 0 Å². The topological polar surface area (TPSA) is 114 Å². The summed E-state index contributed by atoms with van der Waals surface area (Å²) in [6.45, 7) is 1.53. The van der Waals surface area contributed by atoms with Gasteiger partial charge in [0.05, 0.1) is 12.4 Å². The minimum Gasteiger partial charge on any atom is -0.481 e. The van der Waals surface area contributed by atoms with Crippen LogP contribution in [0.2, 0.25) is 0 Å². The number of thioether (sulfide) groups is 1. The molecule has 2 aromatic carbocycles. The maximum absolute atomic E-state index is 12.7. The molecule has 0 radical (unpaired) electrons. The summed E-state index contributed by atoms with van der Waals surface area (Å²) in [6, 6.07) is 16.2. The Kier molecular flexibility index (Phi) is 8.65. The van der Waals surface area contributed by atoms with E-state index in [1.54, 1.807) is 0 Å². The molecule has 2 aromatic rings. The first kappa shape index (κ1) is 25.1. The van der Waals surface area contributed by atoms with Crippen molar-refractivity contribution in [1.82, 2.24) is 10.6 Å². The monoisotopic (exact) mass is 498 g/mol. The van der Waals surface area contributed by atoms with Gasteiger partial charge in [-0.15, -0.1) is 11.8 Å². The number of carboxylic acids is 1. The fraction of sp³-hybridized carbons (Fsp3) is 0.423. The summed E-state index contributed by atoms with van der Waals surface area (Å²) in [7, 11) is 0. The number of benzene rings is 2. The Bertz CT molecular complexity index is 1020. The Morgan fingerprint density at radius 2 is 1.74 bits per heavy atom. The van der Waals surface area contributed by atoms with Gasteiger partial charge in [-0.1, -0.05) is 48.5 Å². The molecular weight excluding hydrogens is 468 g/mol. The molecule has 1 fully saturated rings. The number of fused-ring (bicyclic) bond motifs is 3. The number of carbonyl (C=O) groups is 3. The number of rotatable bonds is 10. The zero-order chi connectivity index (χ0) is 24.6. The van der Waals surface area contributed by atoms with Crippen LogP contribution < -0.4 is 10.6 Å². The third kappa shape index (κ3) is 6.55. The van der Waals surface area contributed by atoms with E-state index < -0.39 is 12.1 Å². The maximum Gasteiger partial charge on any atom is 0.407 e. The van der Waals surface area contributed by atoms with Crippen LogP contribution >= 0.6 is 11.8 Å². The fourth-order valence-corrected chi connectivity index (χ4v) is 5.28. The zero-order valence-corrected chi connectivity index (χ0v) is 20.2. The predicted octanol–water partition coefficient (Wildman–Crippen LogP) is 3.25. The van der Waals surface area contributed by atoms with E-state index in [0.29, 0.717) is 31.9 Å². The standard InChI is InChI=1S/C26H30N2O6S/c29-24(27-10-12-35-16-25(30)31)13-17-14-33-11-9-23(17)28-26(32)34-15-22-20-7-3-1-5-18(20)19-6-2-4-8-21(19)22/h1-8,17,22-23H,9-16H2,(H,27,29)(H,28,32)(H,30,31). The van der Waals surface area contributed by atoms with Crippen molar-refractivity contribution >= 4 is 29.7 Å². The number of amides is 2. The summed E-state index contributed by atoms with van der Waals surface area (Å²) >= 11 is 1.25. The van der Waals surface area contributed by atoms with E-state index in [4.69, 9.17) is 14.6 Å². The first-order valence-electron chi connectivity index (χ1n) is 11.8. The third-order valence-corrected chi connectivity index (χ3v) is 7.31. The molecule has 1 aliphatic heterocycles. The molecule has 4 rings (SSSR count). The maximum atomic E-state index is 12.7. The van der Waals surface area contributed by atoms with Crippen LogP contribution in [0, 0.1) is 5.92 Å². The van der Waals surface area contributed by atoms with Crippen LogP contribution in [0.3, 0.4) is 0 Å². The van der Waals surface area contributed by atoms with Gasteiger partial charge >= 0.3 is 12.1 Å². The molecule has 0 aromatic heterocycles. The van der Waals surface area contributed by atoms with Gasteiger partial charge in [0.2, 0.25) is 5.91 Å². The summed E-state index contributed by atoms with van der Waals surface area (Å²) in [5.41, 5.74) is 4.66. The second-order valence-corrected chi connectivity index (χ2v) is 9.81. The van der Waals surface area contributed by atoms with Crippen molar-refractivity contribution in [3.05, 3.63) is 59.7 Å². The molecule has 1 saturated heterocycles. The molecule has 8 nitrogen and oxygen atoms in total. The minimum absolute atomic E-state index is 0.0107. The van der Waals surface area contributed by atoms with Crippen LogP contribution in [0.15, 0.2) is 48.5 Å². The first-order chi connectivity index (χ1) is 17.0. The smallest absolute Gasteiger partial charge is 0.407 e. The molecular formula is C26H30N2O6S. The van der Waals surface area contributed by atoms with Crippen molar-refractivity contribution in [2.45, 2.75) is 24.8 Å². The lowest BCUT2D eigenvalue weighted by Crippen LogP contribution is -2.47. The second-order valence-electron chi connectivity index (χ2n) is 8.70. The van der Waals surface area contributed by atoms with Gasteiger partial charge in [0.1, 0.15) is 6.61 Å². The average molecular weight is 499 g/mol. The molecule has 2 amide bonds. The van der Waals surface area contributed by atoms with Gasteiger partial charge in [0.25, 0.3) is 0 Å². The highest BCUT2D eigenvalue weighted by atomic mass is 32.2. The van der Waals surface area contributed by atoms with Crippen molar-refractivity contribution in [2.75, 3.05) is 37.9 Å². The van der Waals surface area contributed by atoms with Crippen LogP contribution in [0.4, 0.5) is 4.79 Å². The van der Waals surface area contributed by atoms with Crippen LogP contribution in [-0.4, -0.2) is 67.0 Å². The van der Waals surface area contributed by atoms with Gasteiger partial charge in [-0.25, -0.2) is 4.79 Å². The number of nitrogens with one attached hydrogen (secondary N) is 2. The molecule has 186 valence electrons. The SMILES string of the molecule is O=C(O)CSCCNC(=O)CC1COCCC1NC(=O)OCC1c2ccccc2-c2ccccc21.